The number of hydrogen-bond acceptors (Lipinski definition) is 3. The summed E-state index contributed by atoms with van der Waals surface area (Å²) in [7, 11) is 0. The van der Waals surface area contributed by atoms with Gasteiger partial charge >= 0.3 is 5.97 Å². The number of aliphatic carboxylic acids is 1. The standard InChI is InChI=1S/C15H28N2O3/c1-5-6-10(2)16-14(18)12(4)17-8-7-13(15(19)20)9-11(17)3/h10-13H,5-9H2,1-4H3,(H,16,18)(H,19,20). The fourth-order valence-corrected chi connectivity index (χ4v) is 3.01. The van der Waals surface area contributed by atoms with Crippen LogP contribution >= 0.6 is 0 Å². The topological polar surface area (TPSA) is 69.6 Å². The van der Waals surface area contributed by atoms with E-state index < -0.39 is 5.97 Å². The molecule has 0 spiro atoms. The van der Waals surface area contributed by atoms with Gasteiger partial charge in [0, 0.05) is 18.6 Å². The fourth-order valence-electron chi connectivity index (χ4n) is 3.01. The average molecular weight is 284 g/mol. The summed E-state index contributed by atoms with van der Waals surface area (Å²) in [6, 6.07) is 0.132. The number of likely N-dealkylation sites (tertiary alicyclic amines) is 1. The molecule has 1 rings (SSSR count). The maximum atomic E-state index is 12.2. The first-order valence-electron chi connectivity index (χ1n) is 7.65. The van der Waals surface area contributed by atoms with E-state index in [0.717, 1.165) is 12.8 Å². The van der Waals surface area contributed by atoms with Crippen LogP contribution in [-0.4, -0.2) is 46.6 Å². The number of amides is 1. The molecule has 1 amide bonds. The third kappa shape index (κ3) is 4.47. The summed E-state index contributed by atoms with van der Waals surface area (Å²) in [6.45, 7) is 8.72. The van der Waals surface area contributed by atoms with Crippen LogP contribution in [0, 0.1) is 5.92 Å². The highest BCUT2D eigenvalue weighted by atomic mass is 16.4. The second kappa shape index (κ2) is 7.62. The largest absolute Gasteiger partial charge is 0.481 e. The molecule has 0 aromatic heterocycles. The van der Waals surface area contributed by atoms with Crippen molar-refractivity contribution in [1.82, 2.24) is 10.2 Å². The van der Waals surface area contributed by atoms with Crippen LogP contribution in [0.3, 0.4) is 0 Å². The van der Waals surface area contributed by atoms with E-state index in [1.165, 1.54) is 0 Å². The fraction of sp³-hybridized carbons (Fsp3) is 0.867. The van der Waals surface area contributed by atoms with Crippen molar-refractivity contribution in [1.29, 1.82) is 0 Å². The molecular formula is C15H28N2O3. The number of nitrogens with zero attached hydrogens (tertiary/aromatic N) is 1. The SMILES string of the molecule is CCCC(C)NC(=O)C(C)N1CCC(C(=O)O)CC1C. The molecule has 20 heavy (non-hydrogen) atoms. The zero-order valence-electron chi connectivity index (χ0n) is 13.1. The average Bonchev–Trinajstić information content (AvgIpc) is 2.37. The monoisotopic (exact) mass is 284 g/mol. The van der Waals surface area contributed by atoms with Crippen molar-refractivity contribution in [3.8, 4) is 0 Å². The lowest BCUT2D eigenvalue weighted by Crippen LogP contribution is -2.53. The molecule has 5 heteroatoms. The van der Waals surface area contributed by atoms with Gasteiger partial charge < -0.3 is 10.4 Å². The molecule has 0 aliphatic carbocycles. The van der Waals surface area contributed by atoms with E-state index in [1.54, 1.807) is 0 Å². The number of piperidine rings is 1. The number of rotatable bonds is 6. The Labute approximate surface area is 121 Å². The highest BCUT2D eigenvalue weighted by Gasteiger charge is 2.34. The van der Waals surface area contributed by atoms with Crippen molar-refractivity contribution in [3.63, 3.8) is 0 Å². The van der Waals surface area contributed by atoms with Gasteiger partial charge in [-0.3, -0.25) is 14.5 Å². The number of nitrogens with one attached hydrogen (secondary N) is 1. The van der Waals surface area contributed by atoms with Gasteiger partial charge in [-0.1, -0.05) is 13.3 Å². The van der Waals surface area contributed by atoms with Crippen LogP contribution in [0.5, 0.6) is 0 Å². The Balaban J connectivity index is 2.53. The molecule has 0 aromatic rings. The predicted octanol–water partition coefficient (Wildman–Crippen LogP) is 1.86. The van der Waals surface area contributed by atoms with Crippen molar-refractivity contribution < 1.29 is 14.7 Å². The van der Waals surface area contributed by atoms with Crippen LogP contribution in [0.4, 0.5) is 0 Å². The van der Waals surface area contributed by atoms with Crippen LogP contribution in [-0.2, 0) is 9.59 Å². The molecule has 0 saturated carbocycles. The van der Waals surface area contributed by atoms with Crippen molar-refractivity contribution in [2.45, 2.75) is 71.5 Å². The Hall–Kier alpha value is -1.10. The number of carboxylic acid groups (broad SMARTS) is 1. The first-order valence-corrected chi connectivity index (χ1v) is 7.65. The minimum absolute atomic E-state index is 0.0478. The second-order valence-corrected chi connectivity index (χ2v) is 6.02. The predicted molar refractivity (Wildman–Crippen MR) is 78.5 cm³/mol. The lowest BCUT2D eigenvalue weighted by atomic mass is 9.90. The molecule has 0 radical (unpaired) electrons. The van der Waals surface area contributed by atoms with Crippen molar-refractivity contribution in [2.24, 2.45) is 5.92 Å². The third-order valence-electron chi connectivity index (χ3n) is 4.26. The molecular weight excluding hydrogens is 256 g/mol. The maximum Gasteiger partial charge on any atom is 0.306 e. The summed E-state index contributed by atoms with van der Waals surface area (Å²) in [5.74, 6) is -0.938. The van der Waals surface area contributed by atoms with E-state index in [0.29, 0.717) is 19.4 Å². The number of carbonyl (C=O) groups excluding carboxylic acids is 1. The maximum absolute atomic E-state index is 12.2. The van der Waals surface area contributed by atoms with E-state index in [4.69, 9.17) is 5.11 Å². The summed E-state index contributed by atoms with van der Waals surface area (Å²) in [5.41, 5.74) is 0. The van der Waals surface area contributed by atoms with E-state index in [1.807, 2.05) is 20.8 Å². The number of hydrogen-bond donors (Lipinski definition) is 2. The Morgan fingerprint density at radius 2 is 2.05 bits per heavy atom. The van der Waals surface area contributed by atoms with Crippen LogP contribution in [0.25, 0.3) is 0 Å². The Kier molecular flexibility index (Phi) is 6.46. The molecule has 1 fully saturated rings. The zero-order valence-corrected chi connectivity index (χ0v) is 13.1. The van der Waals surface area contributed by atoms with Crippen molar-refractivity contribution in [3.05, 3.63) is 0 Å². The van der Waals surface area contributed by atoms with Gasteiger partial charge in [0.15, 0.2) is 0 Å². The molecule has 1 aliphatic heterocycles. The summed E-state index contributed by atoms with van der Waals surface area (Å²) < 4.78 is 0. The van der Waals surface area contributed by atoms with E-state index in [-0.39, 0.29) is 30.0 Å². The Bertz CT molecular complexity index is 346. The molecule has 4 unspecified atom stereocenters. The van der Waals surface area contributed by atoms with Crippen LogP contribution in [0.1, 0.15) is 53.4 Å². The summed E-state index contributed by atoms with van der Waals surface area (Å²) in [5, 5.41) is 12.1. The van der Waals surface area contributed by atoms with Gasteiger partial charge in [-0.05, 0) is 40.0 Å². The van der Waals surface area contributed by atoms with E-state index >= 15 is 0 Å². The number of carboxylic acids is 1. The highest BCUT2D eigenvalue weighted by molar-refractivity contribution is 5.81. The molecule has 1 saturated heterocycles. The van der Waals surface area contributed by atoms with Crippen molar-refractivity contribution >= 4 is 11.9 Å². The highest BCUT2D eigenvalue weighted by Crippen LogP contribution is 2.24. The van der Waals surface area contributed by atoms with Gasteiger partial charge in [-0.25, -0.2) is 0 Å². The Morgan fingerprint density at radius 1 is 1.40 bits per heavy atom. The molecule has 0 aromatic carbocycles. The minimum Gasteiger partial charge on any atom is -0.481 e. The van der Waals surface area contributed by atoms with Gasteiger partial charge in [-0.2, -0.15) is 0 Å². The lowest BCUT2D eigenvalue weighted by molar-refractivity contribution is -0.144. The summed E-state index contributed by atoms with van der Waals surface area (Å²) >= 11 is 0. The quantitative estimate of drug-likeness (QED) is 0.781. The molecule has 116 valence electrons. The normalized spacial score (nSPS) is 26.8. The second-order valence-electron chi connectivity index (χ2n) is 6.02. The van der Waals surface area contributed by atoms with Gasteiger partial charge in [0.25, 0.3) is 0 Å². The first-order chi connectivity index (χ1) is 9.36. The molecule has 1 heterocycles. The first kappa shape index (κ1) is 17.0. The van der Waals surface area contributed by atoms with Crippen LogP contribution in [0.2, 0.25) is 0 Å². The molecule has 5 nitrogen and oxygen atoms in total. The molecule has 4 atom stereocenters. The van der Waals surface area contributed by atoms with E-state index in [9.17, 15) is 9.59 Å². The van der Waals surface area contributed by atoms with Crippen molar-refractivity contribution in [2.75, 3.05) is 6.54 Å². The van der Waals surface area contributed by atoms with Gasteiger partial charge in [-0.15, -0.1) is 0 Å². The van der Waals surface area contributed by atoms with E-state index in [2.05, 4.69) is 17.1 Å². The van der Waals surface area contributed by atoms with Gasteiger partial charge in [0.2, 0.25) is 5.91 Å². The molecule has 1 aliphatic rings. The summed E-state index contributed by atoms with van der Waals surface area (Å²) in [6.07, 6.45) is 3.28. The molecule has 0 bridgehead atoms. The summed E-state index contributed by atoms with van der Waals surface area (Å²) in [4.78, 5) is 25.4. The smallest absolute Gasteiger partial charge is 0.306 e. The van der Waals surface area contributed by atoms with Gasteiger partial charge in [0.1, 0.15) is 0 Å². The molecule has 2 N–H and O–H groups in total. The number of carbonyl (C=O) groups is 2. The van der Waals surface area contributed by atoms with Crippen LogP contribution < -0.4 is 5.32 Å². The lowest BCUT2D eigenvalue weighted by Gasteiger charge is -2.39. The third-order valence-corrected chi connectivity index (χ3v) is 4.26. The minimum atomic E-state index is -0.717. The van der Waals surface area contributed by atoms with Gasteiger partial charge in [0.05, 0.1) is 12.0 Å². The Morgan fingerprint density at radius 3 is 2.55 bits per heavy atom. The zero-order chi connectivity index (χ0) is 15.3. The van der Waals surface area contributed by atoms with Crippen LogP contribution in [0.15, 0.2) is 0 Å².